The summed E-state index contributed by atoms with van der Waals surface area (Å²) in [6, 6.07) is 5.33. The van der Waals surface area contributed by atoms with Crippen LogP contribution in [-0.2, 0) is 0 Å². The summed E-state index contributed by atoms with van der Waals surface area (Å²) in [6.45, 7) is 1.93. The van der Waals surface area contributed by atoms with Gasteiger partial charge in [0.05, 0.1) is 10.3 Å². The maximum absolute atomic E-state index is 9.56. The first-order valence-electron chi connectivity index (χ1n) is 3.84. The molecule has 13 heavy (non-hydrogen) atoms. The molecule has 64 valence electrons. The molecular formula is C10H7NOS. The Morgan fingerprint density at radius 2 is 2.23 bits per heavy atom. The number of nitriles is 1. The van der Waals surface area contributed by atoms with E-state index < -0.39 is 0 Å². The van der Waals surface area contributed by atoms with Crippen LogP contribution in [0.1, 0.15) is 11.1 Å². The molecule has 0 unspecified atom stereocenters. The van der Waals surface area contributed by atoms with Crippen LogP contribution in [0.5, 0.6) is 5.75 Å². The highest BCUT2D eigenvalue weighted by atomic mass is 32.1. The van der Waals surface area contributed by atoms with E-state index in [4.69, 9.17) is 5.26 Å². The van der Waals surface area contributed by atoms with Gasteiger partial charge in [0.15, 0.2) is 0 Å². The van der Waals surface area contributed by atoms with Gasteiger partial charge in [-0.05, 0) is 30.0 Å². The lowest BCUT2D eigenvalue weighted by Crippen LogP contribution is -1.76. The number of rotatable bonds is 0. The summed E-state index contributed by atoms with van der Waals surface area (Å²) >= 11 is 1.50. The summed E-state index contributed by atoms with van der Waals surface area (Å²) in [5.74, 6) is 0.257. The van der Waals surface area contributed by atoms with E-state index >= 15 is 0 Å². The van der Waals surface area contributed by atoms with E-state index in [1.807, 2.05) is 12.3 Å². The van der Waals surface area contributed by atoms with Crippen LogP contribution in [0, 0.1) is 18.3 Å². The summed E-state index contributed by atoms with van der Waals surface area (Å²) in [5.41, 5.74) is 1.65. The van der Waals surface area contributed by atoms with E-state index in [0.717, 1.165) is 15.6 Å². The van der Waals surface area contributed by atoms with Gasteiger partial charge in [-0.25, -0.2) is 0 Å². The molecule has 1 aromatic carbocycles. The van der Waals surface area contributed by atoms with E-state index in [2.05, 4.69) is 6.07 Å². The maximum atomic E-state index is 9.56. The molecule has 0 spiro atoms. The second kappa shape index (κ2) is 2.75. The zero-order chi connectivity index (χ0) is 9.42. The Morgan fingerprint density at radius 1 is 1.46 bits per heavy atom. The molecule has 0 atom stereocenters. The third kappa shape index (κ3) is 1.07. The minimum absolute atomic E-state index is 0.257. The topological polar surface area (TPSA) is 44.0 Å². The van der Waals surface area contributed by atoms with Crippen LogP contribution in [0.15, 0.2) is 17.5 Å². The van der Waals surface area contributed by atoms with Gasteiger partial charge in [-0.15, -0.1) is 11.3 Å². The van der Waals surface area contributed by atoms with Crippen molar-refractivity contribution < 1.29 is 5.11 Å². The third-order valence-corrected chi connectivity index (χ3v) is 3.14. The molecule has 0 aliphatic rings. The zero-order valence-corrected chi connectivity index (χ0v) is 7.85. The minimum atomic E-state index is 0.257. The number of fused-ring (bicyclic) bond motifs is 1. The lowest BCUT2D eigenvalue weighted by Gasteiger charge is -1.97. The van der Waals surface area contributed by atoms with Gasteiger partial charge in [-0.1, -0.05) is 0 Å². The molecule has 0 bridgehead atoms. The number of thiophene rings is 1. The summed E-state index contributed by atoms with van der Waals surface area (Å²) in [7, 11) is 0. The van der Waals surface area contributed by atoms with E-state index in [9.17, 15) is 5.11 Å². The molecule has 0 aliphatic heterocycles. The molecule has 0 aliphatic carbocycles. The highest BCUT2D eigenvalue weighted by Gasteiger charge is 2.08. The number of aryl methyl sites for hydroxylation is 1. The number of phenols is 1. The van der Waals surface area contributed by atoms with Crippen LogP contribution in [0.25, 0.3) is 10.1 Å². The van der Waals surface area contributed by atoms with Crippen LogP contribution < -0.4 is 0 Å². The fourth-order valence-electron chi connectivity index (χ4n) is 1.37. The second-order valence-corrected chi connectivity index (χ2v) is 3.75. The van der Waals surface area contributed by atoms with Crippen molar-refractivity contribution in [3.8, 4) is 11.8 Å². The Balaban J connectivity index is 2.97. The predicted molar refractivity (Wildman–Crippen MR) is 52.9 cm³/mol. The highest BCUT2D eigenvalue weighted by molar-refractivity contribution is 7.17. The van der Waals surface area contributed by atoms with Crippen LogP contribution in [0.4, 0.5) is 0 Å². The second-order valence-electron chi connectivity index (χ2n) is 2.87. The largest absolute Gasteiger partial charge is 0.507 e. The molecule has 2 aromatic rings. The van der Waals surface area contributed by atoms with Crippen LogP contribution in [0.2, 0.25) is 0 Å². The monoisotopic (exact) mass is 189 g/mol. The van der Waals surface area contributed by atoms with Crippen molar-refractivity contribution in [2.45, 2.75) is 6.92 Å². The van der Waals surface area contributed by atoms with Gasteiger partial charge < -0.3 is 5.11 Å². The Kier molecular flexibility index (Phi) is 1.71. The van der Waals surface area contributed by atoms with Crippen molar-refractivity contribution in [3.63, 3.8) is 0 Å². The molecule has 1 heterocycles. The molecular weight excluding hydrogens is 182 g/mol. The fourth-order valence-corrected chi connectivity index (χ4v) is 2.41. The van der Waals surface area contributed by atoms with Gasteiger partial charge in [0, 0.05) is 5.39 Å². The van der Waals surface area contributed by atoms with Crippen molar-refractivity contribution in [3.05, 3.63) is 28.6 Å². The maximum Gasteiger partial charge on any atom is 0.124 e. The normalized spacial score (nSPS) is 10.2. The SMILES string of the molecule is Cc1csc2c(C#N)ccc(O)c12. The Labute approximate surface area is 79.7 Å². The van der Waals surface area contributed by atoms with E-state index in [1.165, 1.54) is 11.3 Å². The molecule has 2 nitrogen and oxygen atoms in total. The standard InChI is InChI=1S/C10H7NOS/c1-6-5-13-10-7(4-11)2-3-8(12)9(6)10/h2-3,5,12H,1H3. The average Bonchev–Trinajstić information content (AvgIpc) is 2.50. The van der Waals surface area contributed by atoms with E-state index in [1.54, 1.807) is 12.1 Å². The number of nitrogens with zero attached hydrogens (tertiary/aromatic N) is 1. The summed E-state index contributed by atoms with van der Waals surface area (Å²) < 4.78 is 0.875. The predicted octanol–water partition coefficient (Wildman–Crippen LogP) is 2.79. The Hall–Kier alpha value is -1.53. The first-order valence-corrected chi connectivity index (χ1v) is 4.72. The molecule has 0 saturated heterocycles. The van der Waals surface area contributed by atoms with Crippen LogP contribution in [-0.4, -0.2) is 5.11 Å². The number of benzene rings is 1. The summed E-state index contributed by atoms with van der Waals surface area (Å²) in [4.78, 5) is 0. The van der Waals surface area contributed by atoms with Crippen molar-refractivity contribution in [1.82, 2.24) is 0 Å². The lowest BCUT2D eigenvalue weighted by molar-refractivity contribution is 0.481. The van der Waals surface area contributed by atoms with Crippen molar-refractivity contribution >= 4 is 21.4 Å². The number of hydrogen-bond donors (Lipinski definition) is 1. The van der Waals surface area contributed by atoms with Crippen LogP contribution in [0.3, 0.4) is 0 Å². The zero-order valence-electron chi connectivity index (χ0n) is 7.03. The summed E-state index contributed by atoms with van der Waals surface area (Å²) in [5, 5.41) is 21.1. The van der Waals surface area contributed by atoms with E-state index in [0.29, 0.717) is 5.56 Å². The molecule has 0 fully saturated rings. The number of aromatic hydroxyl groups is 1. The van der Waals surface area contributed by atoms with Gasteiger partial charge in [0.25, 0.3) is 0 Å². The average molecular weight is 189 g/mol. The molecule has 0 amide bonds. The van der Waals surface area contributed by atoms with E-state index in [-0.39, 0.29) is 5.75 Å². The van der Waals surface area contributed by atoms with Crippen LogP contribution >= 0.6 is 11.3 Å². The number of phenolic OH excluding ortho intramolecular Hbond substituents is 1. The van der Waals surface area contributed by atoms with Crippen molar-refractivity contribution in [2.75, 3.05) is 0 Å². The molecule has 1 N–H and O–H groups in total. The van der Waals surface area contributed by atoms with Gasteiger partial charge in [-0.3, -0.25) is 0 Å². The minimum Gasteiger partial charge on any atom is -0.507 e. The summed E-state index contributed by atoms with van der Waals surface area (Å²) in [6.07, 6.45) is 0. The van der Waals surface area contributed by atoms with Gasteiger partial charge >= 0.3 is 0 Å². The fraction of sp³-hybridized carbons (Fsp3) is 0.100. The molecule has 1 aromatic heterocycles. The first-order chi connectivity index (χ1) is 6.24. The van der Waals surface area contributed by atoms with Gasteiger partial charge in [-0.2, -0.15) is 5.26 Å². The third-order valence-electron chi connectivity index (χ3n) is 2.00. The Bertz CT molecular complexity index is 507. The smallest absolute Gasteiger partial charge is 0.124 e. The van der Waals surface area contributed by atoms with Crippen molar-refractivity contribution in [2.24, 2.45) is 0 Å². The number of hydrogen-bond acceptors (Lipinski definition) is 3. The first kappa shape index (κ1) is 8.09. The highest BCUT2D eigenvalue weighted by Crippen LogP contribution is 2.34. The molecule has 2 rings (SSSR count). The Morgan fingerprint density at radius 3 is 2.92 bits per heavy atom. The quantitative estimate of drug-likeness (QED) is 0.692. The molecule has 0 radical (unpaired) electrons. The molecule has 3 heteroatoms. The van der Waals surface area contributed by atoms with Gasteiger partial charge in [0.2, 0.25) is 0 Å². The van der Waals surface area contributed by atoms with Gasteiger partial charge in [0.1, 0.15) is 11.8 Å². The molecule has 0 saturated carbocycles. The van der Waals surface area contributed by atoms with Crippen molar-refractivity contribution in [1.29, 1.82) is 5.26 Å². The lowest BCUT2D eigenvalue weighted by atomic mass is 10.1.